The van der Waals surface area contributed by atoms with Crippen molar-refractivity contribution in [2.24, 2.45) is 5.92 Å². The first kappa shape index (κ1) is 12.7. The third-order valence-electron chi connectivity index (χ3n) is 2.80. The average molecular weight is 214 g/mol. The van der Waals surface area contributed by atoms with E-state index in [4.69, 9.17) is 9.47 Å². The standard InChI is InChI=1S/C12H22O3/c1-4-5-6-7-11-10(8-13)9-14-12(2,3)15-11/h8,10-11H,4-7,9H2,1-3H3/t10-,11+/m0/s1. The van der Waals surface area contributed by atoms with Gasteiger partial charge in [0.25, 0.3) is 0 Å². The molecule has 0 N–H and O–H groups in total. The molecule has 3 nitrogen and oxygen atoms in total. The monoisotopic (exact) mass is 214 g/mol. The van der Waals surface area contributed by atoms with E-state index in [9.17, 15) is 4.79 Å². The van der Waals surface area contributed by atoms with Gasteiger partial charge in [-0.1, -0.05) is 26.2 Å². The summed E-state index contributed by atoms with van der Waals surface area (Å²) in [6.07, 6.45) is 5.49. The largest absolute Gasteiger partial charge is 0.350 e. The molecule has 0 aromatic rings. The van der Waals surface area contributed by atoms with Crippen LogP contribution in [0.3, 0.4) is 0 Å². The lowest BCUT2D eigenvalue weighted by Gasteiger charge is -2.39. The number of unbranched alkanes of at least 4 members (excludes halogenated alkanes) is 2. The highest BCUT2D eigenvalue weighted by Gasteiger charge is 2.35. The van der Waals surface area contributed by atoms with Crippen molar-refractivity contribution in [2.45, 2.75) is 58.3 Å². The highest BCUT2D eigenvalue weighted by atomic mass is 16.7. The van der Waals surface area contributed by atoms with E-state index in [1.165, 1.54) is 12.8 Å². The van der Waals surface area contributed by atoms with Crippen LogP contribution in [0.1, 0.15) is 46.5 Å². The quantitative estimate of drug-likeness (QED) is 0.521. The first-order valence-corrected chi connectivity index (χ1v) is 5.86. The molecular weight excluding hydrogens is 192 g/mol. The molecule has 0 aromatic heterocycles. The van der Waals surface area contributed by atoms with Crippen LogP contribution in [0.4, 0.5) is 0 Å². The molecule has 1 saturated heterocycles. The fraction of sp³-hybridized carbons (Fsp3) is 0.917. The molecule has 1 aliphatic heterocycles. The molecule has 0 aromatic carbocycles. The summed E-state index contributed by atoms with van der Waals surface area (Å²) in [7, 11) is 0. The van der Waals surface area contributed by atoms with Gasteiger partial charge in [-0.05, 0) is 20.3 Å². The number of ether oxygens (including phenoxy) is 2. The number of rotatable bonds is 5. The van der Waals surface area contributed by atoms with Crippen LogP contribution in [0.25, 0.3) is 0 Å². The Balaban J connectivity index is 2.44. The number of aldehydes is 1. The van der Waals surface area contributed by atoms with Crippen molar-refractivity contribution in [3.63, 3.8) is 0 Å². The summed E-state index contributed by atoms with van der Waals surface area (Å²) in [5.74, 6) is -0.619. The van der Waals surface area contributed by atoms with Gasteiger partial charge in [-0.15, -0.1) is 0 Å². The summed E-state index contributed by atoms with van der Waals surface area (Å²) in [5, 5.41) is 0. The molecule has 0 unspecified atom stereocenters. The third-order valence-corrected chi connectivity index (χ3v) is 2.80. The van der Waals surface area contributed by atoms with Gasteiger partial charge in [0.2, 0.25) is 0 Å². The number of carbonyl (C=O) groups excluding carboxylic acids is 1. The van der Waals surface area contributed by atoms with E-state index >= 15 is 0 Å². The minimum atomic E-state index is -0.531. The maximum absolute atomic E-state index is 10.9. The third kappa shape index (κ3) is 3.92. The van der Waals surface area contributed by atoms with Crippen molar-refractivity contribution < 1.29 is 14.3 Å². The normalized spacial score (nSPS) is 30.1. The Morgan fingerprint density at radius 3 is 2.73 bits per heavy atom. The predicted octanol–water partition coefficient (Wildman–Crippen LogP) is 2.53. The zero-order valence-corrected chi connectivity index (χ0v) is 9.99. The van der Waals surface area contributed by atoms with Gasteiger partial charge in [-0.2, -0.15) is 0 Å². The SMILES string of the molecule is CCCCC[C@H]1OC(C)(C)OC[C@@H]1C=O. The molecule has 1 aliphatic rings. The van der Waals surface area contributed by atoms with Gasteiger partial charge in [-0.25, -0.2) is 0 Å². The molecule has 3 heteroatoms. The van der Waals surface area contributed by atoms with Gasteiger partial charge in [0.1, 0.15) is 6.29 Å². The Morgan fingerprint density at radius 1 is 1.40 bits per heavy atom. The zero-order valence-electron chi connectivity index (χ0n) is 9.99. The Morgan fingerprint density at radius 2 is 2.13 bits per heavy atom. The Kier molecular flexibility index (Phi) is 4.74. The summed E-state index contributed by atoms with van der Waals surface area (Å²) in [5.41, 5.74) is 0. The Labute approximate surface area is 92.1 Å². The smallest absolute Gasteiger partial charge is 0.163 e. The van der Waals surface area contributed by atoms with Gasteiger partial charge in [0.05, 0.1) is 18.6 Å². The fourth-order valence-electron chi connectivity index (χ4n) is 1.89. The van der Waals surface area contributed by atoms with Crippen LogP contribution in [-0.2, 0) is 14.3 Å². The topological polar surface area (TPSA) is 35.5 Å². The second-order valence-corrected chi connectivity index (χ2v) is 4.66. The Bertz CT molecular complexity index is 201. The van der Waals surface area contributed by atoms with Crippen molar-refractivity contribution in [3.8, 4) is 0 Å². The molecular formula is C12H22O3. The summed E-state index contributed by atoms with van der Waals surface area (Å²) >= 11 is 0. The molecule has 1 fully saturated rings. The lowest BCUT2D eigenvalue weighted by Crippen LogP contribution is -2.46. The molecule has 0 amide bonds. The number of carbonyl (C=O) groups is 1. The molecule has 1 rings (SSSR count). The zero-order chi connectivity index (χ0) is 11.3. The van der Waals surface area contributed by atoms with Gasteiger partial charge >= 0.3 is 0 Å². The summed E-state index contributed by atoms with van der Waals surface area (Å²) < 4.78 is 11.2. The van der Waals surface area contributed by atoms with E-state index in [0.717, 1.165) is 19.1 Å². The predicted molar refractivity (Wildman–Crippen MR) is 58.6 cm³/mol. The summed E-state index contributed by atoms with van der Waals surface area (Å²) in [4.78, 5) is 10.9. The van der Waals surface area contributed by atoms with Crippen molar-refractivity contribution in [1.29, 1.82) is 0 Å². The first-order chi connectivity index (χ1) is 7.09. The second kappa shape index (κ2) is 5.61. The van der Waals surface area contributed by atoms with Crippen molar-refractivity contribution in [2.75, 3.05) is 6.61 Å². The molecule has 2 atom stereocenters. The minimum Gasteiger partial charge on any atom is -0.350 e. The van der Waals surface area contributed by atoms with Crippen LogP contribution in [0.5, 0.6) is 0 Å². The van der Waals surface area contributed by atoms with Crippen molar-refractivity contribution >= 4 is 6.29 Å². The lowest BCUT2D eigenvalue weighted by atomic mass is 9.97. The molecule has 0 aliphatic carbocycles. The average Bonchev–Trinajstić information content (AvgIpc) is 2.17. The van der Waals surface area contributed by atoms with Gasteiger partial charge in [0.15, 0.2) is 5.79 Å². The first-order valence-electron chi connectivity index (χ1n) is 5.86. The summed E-state index contributed by atoms with van der Waals surface area (Å²) in [6, 6.07) is 0. The van der Waals surface area contributed by atoms with Crippen LogP contribution >= 0.6 is 0 Å². The van der Waals surface area contributed by atoms with Crippen LogP contribution in [0, 0.1) is 5.92 Å². The minimum absolute atomic E-state index is 0.0396. The molecule has 0 saturated carbocycles. The van der Waals surface area contributed by atoms with Crippen LogP contribution in [-0.4, -0.2) is 24.8 Å². The van der Waals surface area contributed by atoms with Crippen LogP contribution < -0.4 is 0 Å². The van der Waals surface area contributed by atoms with Crippen molar-refractivity contribution in [1.82, 2.24) is 0 Å². The van der Waals surface area contributed by atoms with Gasteiger partial charge in [0, 0.05) is 0 Å². The highest BCUT2D eigenvalue weighted by molar-refractivity contribution is 5.54. The van der Waals surface area contributed by atoms with E-state index in [1.807, 2.05) is 13.8 Å². The van der Waals surface area contributed by atoms with Gasteiger partial charge in [-0.3, -0.25) is 0 Å². The van der Waals surface area contributed by atoms with E-state index in [1.54, 1.807) is 0 Å². The van der Waals surface area contributed by atoms with E-state index in [0.29, 0.717) is 6.61 Å². The maximum atomic E-state index is 10.9. The highest BCUT2D eigenvalue weighted by Crippen LogP contribution is 2.28. The number of hydrogen-bond donors (Lipinski definition) is 0. The van der Waals surface area contributed by atoms with Crippen LogP contribution in [0.15, 0.2) is 0 Å². The Hall–Kier alpha value is -0.410. The molecule has 15 heavy (non-hydrogen) atoms. The summed E-state index contributed by atoms with van der Waals surface area (Å²) in [6.45, 7) is 6.47. The van der Waals surface area contributed by atoms with Crippen molar-refractivity contribution in [3.05, 3.63) is 0 Å². The molecule has 88 valence electrons. The van der Waals surface area contributed by atoms with E-state index in [2.05, 4.69) is 6.92 Å². The molecule has 0 spiro atoms. The fourth-order valence-corrected chi connectivity index (χ4v) is 1.89. The second-order valence-electron chi connectivity index (χ2n) is 4.66. The van der Waals surface area contributed by atoms with Gasteiger partial charge < -0.3 is 14.3 Å². The molecule has 0 bridgehead atoms. The van der Waals surface area contributed by atoms with E-state index in [-0.39, 0.29) is 12.0 Å². The van der Waals surface area contributed by atoms with E-state index < -0.39 is 5.79 Å². The molecule has 0 radical (unpaired) electrons. The molecule has 1 heterocycles. The maximum Gasteiger partial charge on any atom is 0.163 e. The van der Waals surface area contributed by atoms with Crippen LogP contribution in [0.2, 0.25) is 0 Å². The lowest BCUT2D eigenvalue weighted by molar-refractivity contribution is -0.287. The number of hydrogen-bond acceptors (Lipinski definition) is 3.